The average molecular weight is 1140 g/mol. The number of hydrogen-bond donors (Lipinski definition) is 0. The minimum Gasteiger partial charge on any atom is -0.462 e. The van der Waals surface area contributed by atoms with Gasteiger partial charge in [-0.05, 0) is 154 Å². The van der Waals surface area contributed by atoms with Crippen LogP contribution in [0.5, 0.6) is 0 Å². The van der Waals surface area contributed by atoms with Gasteiger partial charge in [0.15, 0.2) is 6.10 Å². The van der Waals surface area contributed by atoms with E-state index < -0.39 is 6.10 Å². The molecule has 0 aromatic carbocycles. The van der Waals surface area contributed by atoms with E-state index in [1.165, 1.54) is 57.8 Å². The molecule has 0 saturated carbocycles. The zero-order valence-electron chi connectivity index (χ0n) is 52.9. The fraction of sp³-hybridized carbons (Fsp3) is 0.545. The van der Waals surface area contributed by atoms with Crippen molar-refractivity contribution in [1.82, 2.24) is 0 Å². The lowest BCUT2D eigenvalue weighted by Crippen LogP contribution is -2.30. The molecule has 0 rings (SSSR count). The summed E-state index contributed by atoms with van der Waals surface area (Å²) in [5.41, 5.74) is 0. The molecule has 0 aliphatic rings. The van der Waals surface area contributed by atoms with Crippen LogP contribution in [0.2, 0.25) is 0 Å². The third kappa shape index (κ3) is 66.9. The van der Waals surface area contributed by atoms with Gasteiger partial charge < -0.3 is 14.2 Å². The van der Waals surface area contributed by atoms with Gasteiger partial charge in [-0.1, -0.05) is 273 Å². The van der Waals surface area contributed by atoms with Crippen LogP contribution in [0.1, 0.15) is 252 Å². The number of ether oxygens (including phenoxy) is 3. The van der Waals surface area contributed by atoms with Gasteiger partial charge in [-0.2, -0.15) is 0 Å². The zero-order chi connectivity index (χ0) is 59.9. The quantitative estimate of drug-likeness (QED) is 0.0261. The lowest BCUT2D eigenvalue weighted by molar-refractivity contribution is -0.167. The zero-order valence-corrected chi connectivity index (χ0v) is 52.9. The van der Waals surface area contributed by atoms with Crippen molar-refractivity contribution in [2.24, 2.45) is 0 Å². The van der Waals surface area contributed by atoms with E-state index in [0.717, 1.165) is 141 Å². The largest absolute Gasteiger partial charge is 0.462 e. The van der Waals surface area contributed by atoms with Gasteiger partial charge in [0.25, 0.3) is 0 Å². The molecule has 83 heavy (non-hydrogen) atoms. The molecule has 0 aromatic rings. The topological polar surface area (TPSA) is 78.9 Å². The van der Waals surface area contributed by atoms with E-state index in [-0.39, 0.29) is 44.0 Å². The molecule has 0 bridgehead atoms. The van der Waals surface area contributed by atoms with E-state index in [0.29, 0.717) is 19.3 Å². The highest BCUT2D eigenvalue weighted by Crippen LogP contribution is 2.14. The highest BCUT2D eigenvalue weighted by atomic mass is 16.6. The lowest BCUT2D eigenvalue weighted by Gasteiger charge is -2.18. The van der Waals surface area contributed by atoms with E-state index in [4.69, 9.17) is 14.2 Å². The third-order valence-corrected chi connectivity index (χ3v) is 13.1. The third-order valence-electron chi connectivity index (χ3n) is 13.1. The summed E-state index contributed by atoms with van der Waals surface area (Å²) in [5.74, 6) is -1.04. The second kappa shape index (κ2) is 68.7. The Morgan fingerprint density at radius 2 is 0.446 bits per heavy atom. The Morgan fingerprint density at radius 3 is 0.735 bits per heavy atom. The Balaban J connectivity index is 4.39. The molecule has 0 aliphatic carbocycles. The molecule has 0 radical (unpaired) electrons. The summed E-state index contributed by atoms with van der Waals surface area (Å²) in [4.78, 5) is 38.3. The van der Waals surface area contributed by atoms with Gasteiger partial charge in [-0.3, -0.25) is 14.4 Å². The van der Waals surface area contributed by atoms with Gasteiger partial charge in [0, 0.05) is 19.3 Å². The lowest BCUT2D eigenvalue weighted by atomic mass is 10.0. The summed E-state index contributed by atoms with van der Waals surface area (Å²) in [6.45, 7) is 6.20. The molecule has 0 spiro atoms. The first-order valence-electron chi connectivity index (χ1n) is 32.9. The van der Waals surface area contributed by atoms with Gasteiger partial charge >= 0.3 is 17.9 Å². The summed E-state index contributed by atoms with van der Waals surface area (Å²) < 4.78 is 16.8. The van der Waals surface area contributed by atoms with Crippen molar-refractivity contribution in [3.05, 3.63) is 194 Å². The predicted molar refractivity (Wildman–Crippen MR) is 361 cm³/mol. The Kier molecular flexibility index (Phi) is 64.0. The first kappa shape index (κ1) is 77.2. The van der Waals surface area contributed by atoms with Crippen LogP contribution in [0, 0.1) is 0 Å². The van der Waals surface area contributed by atoms with E-state index in [1.54, 1.807) is 0 Å². The van der Waals surface area contributed by atoms with Crippen LogP contribution in [0.4, 0.5) is 0 Å². The Bertz CT molecular complexity index is 1990. The number of carbonyl (C=O) groups excluding carboxylic acids is 3. The van der Waals surface area contributed by atoms with Gasteiger partial charge in [-0.25, -0.2) is 0 Å². The molecule has 0 heterocycles. The number of unbranched alkanes of at least 4 members (excludes halogenated alkanes) is 14. The summed E-state index contributed by atoms with van der Waals surface area (Å²) in [5, 5.41) is 0. The van der Waals surface area contributed by atoms with Crippen molar-refractivity contribution < 1.29 is 28.6 Å². The standard InChI is InChI=1S/C77H118O6/c1-4-7-10-13-16-19-22-25-28-30-31-32-33-34-35-36-37-38-39-40-41-42-43-44-45-47-49-52-55-58-61-64-67-70-76(79)82-73-74(72-81-75(78)69-66-63-60-57-54-51-48-27-24-21-18-15-12-9-6-3)83-77(80)71-68-65-62-59-56-53-50-46-29-26-23-20-17-14-11-8-5-2/h7-12,16-21,25-29,31-32,34-35,37-38,40-41,48,50,53-54,57,59,62,74H,4-6,13-15,22-24,30,33,36,39,42-47,49,51-52,55-56,58,60-61,63-73H2,1-3H3/b10-7-,11-8-,12-9-,19-16-,20-17-,21-18-,28-25-,29-26-,32-31-,35-34-,38-37-,41-40-,48-27-,53-50-,57-54-,62-59-. The van der Waals surface area contributed by atoms with Gasteiger partial charge in [0.2, 0.25) is 0 Å². The molecule has 0 saturated heterocycles. The Morgan fingerprint density at radius 1 is 0.241 bits per heavy atom. The Hall–Kier alpha value is -5.75. The van der Waals surface area contributed by atoms with E-state index in [1.807, 2.05) is 0 Å². The highest BCUT2D eigenvalue weighted by Gasteiger charge is 2.19. The second-order valence-corrected chi connectivity index (χ2v) is 20.9. The molecule has 0 amide bonds. The fourth-order valence-corrected chi connectivity index (χ4v) is 8.27. The maximum atomic E-state index is 12.9. The summed E-state index contributed by atoms with van der Waals surface area (Å²) in [7, 11) is 0. The fourth-order valence-electron chi connectivity index (χ4n) is 8.27. The Labute approximate surface area is 509 Å². The number of allylic oxidation sites excluding steroid dienone is 32. The van der Waals surface area contributed by atoms with Crippen LogP contribution in [0.15, 0.2) is 194 Å². The maximum Gasteiger partial charge on any atom is 0.306 e. The number of hydrogen-bond acceptors (Lipinski definition) is 6. The van der Waals surface area contributed by atoms with Crippen LogP contribution in [-0.4, -0.2) is 37.2 Å². The normalized spacial score (nSPS) is 13.4. The molecule has 6 heteroatoms. The first-order chi connectivity index (χ1) is 41.0. The molecule has 0 aliphatic heterocycles. The van der Waals surface area contributed by atoms with E-state index in [9.17, 15) is 14.4 Å². The average Bonchev–Trinajstić information content (AvgIpc) is 3.49. The van der Waals surface area contributed by atoms with Gasteiger partial charge in [-0.15, -0.1) is 0 Å². The van der Waals surface area contributed by atoms with Gasteiger partial charge in [0.1, 0.15) is 13.2 Å². The molecular formula is C77H118O6. The predicted octanol–water partition coefficient (Wildman–Crippen LogP) is 23.0. The van der Waals surface area contributed by atoms with Crippen molar-refractivity contribution in [2.75, 3.05) is 13.2 Å². The second-order valence-electron chi connectivity index (χ2n) is 20.9. The van der Waals surface area contributed by atoms with Crippen LogP contribution in [-0.2, 0) is 28.6 Å². The van der Waals surface area contributed by atoms with Crippen molar-refractivity contribution >= 4 is 17.9 Å². The molecule has 6 nitrogen and oxygen atoms in total. The summed E-state index contributed by atoms with van der Waals surface area (Å²) >= 11 is 0. The molecule has 0 N–H and O–H groups in total. The van der Waals surface area contributed by atoms with Crippen molar-refractivity contribution in [1.29, 1.82) is 0 Å². The molecular weight excluding hydrogens is 1020 g/mol. The number of carbonyl (C=O) groups is 3. The SMILES string of the molecule is CC/C=C\C/C=C\C/C=C\C/C=C\C/C=C\C/C=C\C/C=C\CCCCCCCCCCCCCC(=O)OCC(COC(=O)CCCC/C=C\C/C=C\C/C=C\C/C=C\CC)OC(=O)CCC/C=C\C/C=C\C/C=C\C/C=C\C/C=C\CC. The van der Waals surface area contributed by atoms with Crippen LogP contribution >= 0.6 is 0 Å². The van der Waals surface area contributed by atoms with E-state index >= 15 is 0 Å². The molecule has 462 valence electrons. The monoisotopic (exact) mass is 1140 g/mol. The van der Waals surface area contributed by atoms with Gasteiger partial charge in [0.05, 0.1) is 0 Å². The minimum atomic E-state index is -0.838. The molecule has 0 aromatic heterocycles. The molecule has 0 fully saturated rings. The minimum absolute atomic E-state index is 0.125. The summed E-state index contributed by atoms with van der Waals surface area (Å²) in [6.07, 6.45) is 105. The van der Waals surface area contributed by atoms with Crippen LogP contribution in [0.25, 0.3) is 0 Å². The van der Waals surface area contributed by atoms with Crippen LogP contribution in [0.3, 0.4) is 0 Å². The van der Waals surface area contributed by atoms with Crippen LogP contribution < -0.4 is 0 Å². The first-order valence-corrected chi connectivity index (χ1v) is 32.9. The number of esters is 3. The van der Waals surface area contributed by atoms with Crippen molar-refractivity contribution in [3.8, 4) is 0 Å². The highest BCUT2D eigenvalue weighted by molar-refractivity contribution is 5.71. The van der Waals surface area contributed by atoms with E-state index in [2.05, 4.69) is 215 Å². The smallest absolute Gasteiger partial charge is 0.306 e. The van der Waals surface area contributed by atoms with Crippen molar-refractivity contribution in [3.63, 3.8) is 0 Å². The molecule has 1 atom stereocenters. The molecule has 1 unspecified atom stereocenters. The number of rotatable bonds is 57. The summed E-state index contributed by atoms with van der Waals surface area (Å²) in [6, 6.07) is 0. The van der Waals surface area contributed by atoms with Crippen molar-refractivity contribution in [2.45, 2.75) is 258 Å². The maximum absolute atomic E-state index is 12.9.